The van der Waals surface area contributed by atoms with E-state index in [0.717, 1.165) is 55.8 Å². The maximum atomic E-state index is 6.38. The Kier molecular flexibility index (Phi) is 6.73. The van der Waals surface area contributed by atoms with Crippen LogP contribution < -0.4 is 0 Å². The zero-order chi connectivity index (χ0) is 22.8. The first kappa shape index (κ1) is 23.0. The molecule has 4 rings (SSSR count). The number of aromatic amines is 1. The van der Waals surface area contributed by atoms with Gasteiger partial charge in [-0.1, -0.05) is 57.2 Å². The number of H-pyrrole nitrogens is 1. The van der Waals surface area contributed by atoms with E-state index in [9.17, 15) is 0 Å². The van der Waals surface area contributed by atoms with Crippen molar-refractivity contribution in [2.75, 3.05) is 26.2 Å². The number of benzene rings is 2. The number of fused-ring (bicyclic) bond motifs is 1. The van der Waals surface area contributed by atoms with Crippen LogP contribution in [0.5, 0.6) is 0 Å². The molecule has 2 heterocycles. The molecule has 0 radical (unpaired) electrons. The zero-order valence-electron chi connectivity index (χ0n) is 20.4. The third kappa shape index (κ3) is 4.92. The van der Waals surface area contributed by atoms with Gasteiger partial charge in [0.1, 0.15) is 11.4 Å². The van der Waals surface area contributed by atoms with Crippen molar-refractivity contribution in [3.05, 3.63) is 65.5 Å². The predicted octanol–water partition coefficient (Wildman–Crippen LogP) is 6.07. The minimum absolute atomic E-state index is 0.216. The number of imidazole rings is 1. The normalized spacial score (nSPS) is 18.2. The van der Waals surface area contributed by atoms with E-state index in [1.165, 1.54) is 11.1 Å². The van der Waals surface area contributed by atoms with Crippen LogP contribution in [0.1, 0.15) is 64.4 Å². The lowest BCUT2D eigenvalue weighted by Crippen LogP contribution is -2.44. The molecular formula is C28H39N3O. The molecule has 4 heteroatoms. The van der Waals surface area contributed by atoms with Crippen molar-refractivity contribution in [2.24, 2.45) is 5.92 Å². The second kappa shape index (κ2) is 9.36. The van der Waals surface area contributed by atoms with Crippen molar-refractivity contribution in [1.29, 1.82) is 0 Å². The van der Waals surface area contributed by atoms with Gasteiger partial charge in [0.25, 0.3) is 0 Å². The first-order chi connectivity index (χ1) is 15.3. The van der Waals surface area contributed by atoms with Crippen molar-refractivity contribution in [1.82, 2.24) is 14.9 Å². The average Bonchev–Trinajstić information content (AvgIpc) is 3.23. The smallest absolute Gasteiger partial charge is 0.139 e. The second-order valence-electron chi connectivity index (χ2n) is 10.5. The molecule has 1 aromatic heterocycles. The van der Waals surface area contributed by atoms with Gasteiger partial charge < -0.3 is 14.6 Å². The van der Waals surface area contributed by atoms with Crippen LogP contribution in [0, 0.1) is 5.92 Å². The van der Waals surface area contributed by atoms with Crippen LogP contribution in [0.4, 0.5) is 0 Å². The Morgan fingerprint density at radius 1 is 1.00 bits per heavy atom. The molecule has 3 aromatic rings. The zero-order valence-corrected chi connectivity index (χ0v) is 20.4. The van der Waals surface area contributed by atoms with E-state index in [2.05, 4.69) is 87.0 Å². The van der Waals surface area contributed by atoms with Gasteiger partial charge in [-0.15, -0.1) is 0 Å². The first-order valence-electron chi connectivity index (χ1n) is 12.2. The van der Waals surface area contributed by atoms with Gasteiger partial charge in [-0.05, 0) is 80.8 Å². The topological polar surface area (TPSA) is 41.1 Å². The fraction of sp³-hybridized carbons (Fsp3) is 0.536. The first-order valence-corrected chi connectivity index (χ1v) is 12.2. The van der Waals surface area contributed by atoms with Crippen LogP contribution in [0.3, 0.4) is 0 Å². The molecule has 1 fully saturated rings. The maximum Gasteiger partial charge on any atom is 0.139 e. The van der Waals surface area contributed by atoms with E-state index >= 15 is 0 Å². The SMILES string of the molecule is CCOC(C)(c1nc2ccccc2[nH]1)C1CCN(CCc2ccc(C(C)(C)C)cc2)CC1. The molecule has 1 atom stereocenters. The highest BCUT2D eigenvalue weighted by molar-refractivity contribution is 5.74. The van der Waals surface area contributed by atoms with Gasteiger partial charge in [0.2, 0.25) is 0 Å². The lowest BCUT2D eigenvalue weighted by Gasteiger charge is -2.41. The quantitative estimate of drug-likeness (QED) is 0.492. The summed E-state index contributed by atoms with van der Waals surface area (Å²) >= 11 is 0. The Labute approximate surface area is 193 Å². The van der Waals surface area contributed by atoms with Gasteiger partial charge >= 0.3 is 0 Å². The summed E-state index contributed by atoms with van der Waals surface area (Å²) in [7, 11) is 0. The summed E-state index contributed by atoms with van der Waals surface area (Å²) in [5.41, 5.74) is 4.78. The minimum atomic E-state index is -0.372. The number of para-hydroxylation sites is 2. The Morgan fingerprint density at radius 3 is 2.31 bits per heavy atom. The summed E-state index contributed by atoms with van der Waals surface area (Å²) < 4.78 is 6.38. The Morgan fingerprint density at radius 2 is 1.69 bits per heavy atom. The van der Waals surface area contributed by atoms with E-state index in [1.807, 2.05) is 6.07 Å². The third-order valence-electron chi connectivity index (χ3n) is 7.21. The molecule has 0 amide bonds. The number of aromatic nitrogens is 2. The van der Waals surface area contributed by atoms with Crippen molar-refractivity contribution in [3.8, 4) is 0 Å². The summed E-state index contributed by atoms with van der Waals surface area (Å²) in [6, 6.07) is 17.5. The number of piperidine rings is 1. The number of hydrogen-bond donors (Lipinski definition) is 1. The lowest BCUT2D eigenvalue weighted by atomic mass is 9.80. The number of likely N-dealkylation sites (tertiary alicyclic amines) is 1. The average molecular weight is 434 g/mol. The Hall–Kier alpha value is -2.17. The highest BCUT2D eigenvalue weighted by Crippen LogP contribution is 2.39. The fourth-order valence-electron chi connectivity index (χ4n) is 5.03. The van der Waals surface area contributed by atoms with Gasteiger partial charge in [-0.2, -0.15) is 0 Å². The van der Waals surface area contributed by atoms with Crippen LogP contribution >= 0.6 is 0 Å². The van der Waals surface area contributed by atoms with Crippen LogP contribution in [0.2, 0.25) is 0 Å². The standard InChI is InChI=1S/C28H39N3O/c1-6-32-28(5,26-29-24-9-7-8-10-25(24)30-26)23-16-19-31(20-17-23)18-15-21-11-13-22(14-12-21)27(2,3)4/h7-14,23H,6,15-20H2,1-5H3,(H,29,30). The molecule has 4 nitrogen and oxygen atoms in total. The van der Waals surface area contributed by atoms with Crippen molar-refractivity contribution in [2.45, 2.75) is 64.9 Å². The molecule has 32 heavy (non-hydrogen) atoms. The predicted molar refractivity (Wildman–Crippen MR) is 133 cm³/mol. The fourth-order valence-corrected chi connectivity index (χ4v) is 5.03. The molecule has 0 spiro atoms. The summed E-state index contributed by atoms with van der Waals surface area (Å²) in [5, 5.41) is 0. The number of nitrogens with one attached hydrogen (secondary N) is 1. The van der Waals surface area contributed by atoms with Crippen LogP contribution in [-0.4, -0.2) is 41.1 Å². The molecule has 1 aliphatic rings. The van der Waals surface area contributed by atoms with E-state index in [0.29, 0.717) is 12.5 Å². The summed E-state index contributed by atoms with van der Waals surface area (Å²) in [6.45, 7) is 15.2. The van der Waals surface area contributed by atoms with Gasteiger partial charge in [0.05, 0.1) is 11.0 Å². The Bertz CT molecular complexity index is 976. The number of hydrogen-bond acceptors (Lipinski definition) is 3. The van der Waals surface area contributed by atoms with E-state index in [1.54, 1.807) is 0 Å². The molecular weight excluding hydrogens is 394 g/mol. The van der Waals surface area contributed by atoms with Crippen LogP contribution in [-0.2, 0) is 22.2 Å². The van der Waals surface area contributed by atoms with Gasteiger partial charge in [0.15, 0.2) is 0 Å². The molecule has 0 aliphatic carbocycles. The summed E-state index contributed by atoms with van der Waals surface area (Å²) in [6.07, 6.45) is 3.38. The van der Waals surface area contributed by atoms with Crippen LogP contribution in [0.25, 0.3) is 11.0 Å². The lowest BCUT2D eigenvalue weighted by molar-refractivity contribution is -0.0956. The molecule has 2 aromatic carbocycles. The van der Waals surface area contributed by atoms with Gasteiger partial charge in [-0.3, -0.25) is 0 Å². The highest BCUT2D eigenvalue weighted by atomic mass is 16.5. The van der Waals surface area contributed by atoms with Crippen molar-refractivity contribution < 1.29 is 4.74 Å². The van der Waals surface area contributed by atoms with E-state index in [-0.39, 0.29) is 11.0 Å². The molecule has 0 bridgehead atoms. The van der Waals surface area contributed by atoms with Crippen LogP contribution in [0.15, 0.2) is 48.5 Å². The van der Waals surface area contributed by atoms with Gasteiger partial charge in [-0.25, -0.2) is 4.98 Å². The van der Waals surface area contributed by atoms with E-state index in [4.69, 9.17) is 9.72 Å². The molecule has 1 saturated heterocycles. The molecule has 1 aliphatic heterocycles. The molecule has 172 valence electrons. The third-order valence-corrected chi connectivity index (χ3v) is 7.21. The number of nitrogens with zero attached hydrogens (tertiary/aromatic N) is 2. The van der Waals surface area contributed by atoms with Crippen molar-refractivity contribution >= 4 is 11.0 Å². The van der Waals surface area contributed by atoms with Gasteiger partial charge in [0, 0.05) is 13.2 Å². The summed E-state index contributed by atoms with van der Waals surface area (Å²) in [5.74, 6) is 1.43. The summed E-state index contributed by atoms with van der Waals surface area (Å²) in [4.78, 5) is 11.1. The molecule has 1 unspecified atom stereocenters. The number of ether oxygens (including phenoxy) is 1. The highest BCUT2D eigenvalue weighted by Gasteiger charge is 2.41. The molecule has 1 N–H and O–H groups in total. The number of rotatable bonds is 7. The largest absolute Gasteiger partial charge is 0.367 e. The van der Waals surface area contributed by atoms with E-state index < -0.39 is 0 Å². The Balaban J connectivity index is 1.37. The monoisotopic (exact) mass is 433 g/mol. The second-order valence-corrected chi connectivity index (χ2v) is 10.5. The minimum Gasteiger partial charge on any atom is -0.367 e. The maximum absolute atomic E-state index is 6.38. The molecule has 0 saturated carbocycles. The van der Waals surface area contributed by atoms with Crippen molar-refractivity contribution in [3.63, 3.8) is 0 Å².